The molecule has 0 heterocycles. The molecule has 0 amide bonds. The lowest BCUT2D eigenvalue weighted by atomic mass is 9.96. The van der Waals surface area contributed by atoms with E-state index in [4.69, 9.17) is 32.1 Å². The van der Waals surface area contributed by atoms with Crippen LogP contribution < -0.4 is 0 Å². The van der Waals surface area contributed by atoms with Gasteiger partial charge < -0.3 is 8.85 Å². The molecular weight excluding hydrogens is 483 g/mol. The Hall–Kier alpha value is 0.694. The van der Waals surface area contributed by atoms with Crippen molar-refractivity contribution < 1.29 is 13.6 Å². The highest BCUT2D eigenvalue weighted by Gasteiger charge is 2.49. The van der Waals surface area contributed by atoms with Gasteiger partial charge in [-0.2, -0.15) is 0 Å². The number of carbonyl (C=O) groups is 1. The molecule has 0 aromatic carbocycles. The first-order chi connectivity index (χ1) is 13.6. The summed E-state index contributed by atoms with van der Waals surface area (Å²) < 4.78 is 11.6. The molecule has 8 heteroatoms. The van der Waals surface area contributed by atoms with E-state index >= 15 is 0 Å². The van der Waals surface area contributed by atoms with E-state index in [1.54, 1.807) is 6.08 Å². The lowest BCUT2D eigenvalue weighted by Crippen LogP contribution is -2.50. The van der Waals surface area contributed by atoms with Crippen LogP contribution in [0.25, 0.3) is 0 Å². The summed E-state index contributed by atoms with van der Waals surface area (Å²) in [5.41, 5.74) is 0. The van der Waals surface area contributed by atoms with Gasteiger partial charge in [-0.05, 0) is 42.7 Å². The predicted octanol–water partition coefficient (Wildman–Crippen LogP) is 8.43. The van der Waals surface area contributed by atoms with E-state index in [9.17, 15) is 4.79 Å². The summed E-state index contributed by atoms with van der Waals surface area (Å²) in [6, 6.07) is 0. The van der Waals surface area contributed by atoms with Crippen molar-refractivity contribution in [2.75, 3.05) is 6.61 Å². The maximum atomic E-state index is 12.9. The van der Waals surface area contributed by atoms with Gasteiger partial charge in [-0.15, -0.1) is 6.58 Å². The third-order valence-corrected chi connectivity index (χ3v) is 17.7. The summed E-state index contributed by atoms with van der Waals surface area (Å²) in [5, 5.41) is -0.0379. The Kier molecular flexibility index (Phi) is 11.7. The van der Waals surface area contributed by atoms with Gasteiger partial charge in [0.25, 0.3) is 0 Å². The molecule has 0 aliphatic carbocycles. The van der Waals surface area contributed by atoms with Crippen molar-refractivity contribution in [3.05, 3.63) is 12.7 Å². The zero-order chi connectivity index (χ0) is 25.1. The Morgan fingerprint density at radius 2 is 1.45 bits per heavy atom. The van der Waals surface area contributed by atoms with Gasteiger partial charge in [-0.1, -0.05) is 96.4 Å². The van der Waals surface area contributed by atoms with E-state index in [0.29, 0.717) is 13.0 Å². The Labute approximate surface area is 208 Å². The second kappa shape index (κ2) is 11.4. The van der Waals surface area contributed by atoms with E-state index < -0.39 is 26.9 Å². The Balaban J connectivity index is 5.89. The fourth-order valence-corrected chi connectivity index (χ4v) is 6.36. The highest BCUT2D eigenvalue weighted by molar-refractivity contribution is 8.14. The first-order valence-corrected chi connectivity index (χ1v) is 18.6. The van der Waals surface area contributed by atoms with Gasteiger partial charge in [0, 0.05) is 17.8 Å². The van der Waals surface area contributed by atoms with Gasteiger partial charge in [0.2, 0.25) is 5.12 Å². The Morgan fingerprint density at radius 1 is 1.00 bits per heavy atom. The van der Waals surface area contributed by atoms with E-state index in [1.165, 1.54) is 0 Å². The molecule has 0 bridgehead atoms. The van der Waals surface area contributed by atoms with Crippen LogP contribution in [-0.2, 0) is 13.6 Å². The van der Waals surface area contributed by atoms with Crippen LogP contribution in [0, 0.1) is 5.92 Å². The fraction of sp³-hybridized carbons (Fsp3) is 0.870. The van der Waals surface area contributed by atoms with Gasteiger partial charge >= 0.3 is 0 Å². The van der Waals surface area contributed by atoms with Gasteiger partial charge in [-0.25, -0.2) is 0 Å². The molecule has 0 aliphatic rings. The van der Waals surface area contributed by atoms with Crippen LogP contribution in [0.5, 0.6) is 0 Å². The predicted molar refractivity (Wildman–Crippen MR) is 146 cm³/mol. The molecule has 0 aliphatic heterocycles. The van der Waals surface area contributed by atoms with Crippen molar-refractivity contribution in [2.24, 2.45) is 5.92 Å². The van der Waals surface area contributed by atoms with E-state index in [0.717, 1.165) is 11.8 Å². The maximum Gasteiger partial charge on any atom is 0.225 e. The quantitative estimate of drug-likeness (QED) is 0.153. The molecule has 3 nitrogen and oxygen atoms in total. The highest BCUT2D eigenvalue weighted by atomic mass is 35.5. The molecule has 0 saturated carbocycles. The Morgan fingerprint density at radius 3 is 1.81 bits per heavy atom. The summed E-state index contributed by atoms with van der Waals surface area (Å²) >= 11 is 14.6. The van der Waals surface area contributed by atoms with Crippen LogP contribution in [0.2, 0.25) is 36.3 Å². The average molecular weight is 530 g/mol. The Bertz CT molecular complexity index is 609. The van der Waals surface area contributed by atoms with Crippen LogP contribution in [0.4, 0.5) is 0 Å². The molecule has 31 heavy (non-hydrogen) atoms. The van der Waals surface area contributed by atoms with Crippen molar-refractivity contribution in [1.82, 2.24) is 0 Å². The largest absolute Gasteiger partial charge is 0.417 e. The van der Waals surface area contributed by atoms with Gasteiger partial charge in [0.1, 0.15) is 0 Å². The monoisotopic (exact) mass is 528 g/mol. The normalized spacial score (nSPS) is 16.4. The molecule has 0 fully saturated rings. The molecule has 0 aromatic heterocycles. The number of alkyl halides is 2. The van der Waals surface area contributed by atoms with Gasteiger partial charge in [-0.3, -0.25) is 4.79 Å². The minimum Gasteiger partial charge on any atom is -0.417 e. The van der Waals surface area contributed by atoms with Crippen molar-refractivity contribution in [3.63, 3.8) is 0 Å². The second-order valence-electron chi connectivity index (χ2n) is 11.7. The van der Waals surface area contributed by atoms with E-state index in [-0.39, 0.29) is 26.5 Å². The first kappa shape index (κ1) is 31.7. The van der Waals surface area contributed by atoms with Crippen LogP contribution in [-0.4, -0.2) is 44.0 Å². The lowest BCUT2D eigenvalue weighted by Gasteiger charge is -2.43. The smallest absolute Gasteiger partial charge is 0.225 e. The number of hydrogen-bond donors (Lipinski definition) is 0. The summed E-state index contributed by atoms with van der Waals surface area (Å²) in [6.45, 7) is 30.5. The zero-order valence-electron chi connectivity index (χ0n) is 21.8. The topological polar surface area (TPSA) is 35.5 Å². The van der Waals surface area contributed by atoms with E-state index in [2.05, 4.69) is 74.3 Å². The molecular formula is C23H46Cl2O3SSi2. The summed E-state index contributed by atoms with van der Waals surface area (Å²) in [6.07, 6.45) is 1.94. The molecule has 0 unspecified atom stereocenters. The number of carbonyl (C=O) groups excluding carboxylic acids is 1. The molecule has 0 saturated heterocycles. The number of rotatable bonds is 11. The number of hydrogen-bond acceptors (Lipinski definition) is 4. The van der Waals surface area contributed by atoms with Crippen LogP contribution in [0.1, 0.15) is 61.8 Å². The zero-order valence-corrected chi connectivity index (χ0v) is 26.1. The van der Waals surface area contributed by atoms with Gasteiger partial charge in [0.05, 0.1) is 6.10 Å². The van der Waals surface area contributed by atoms with Gasteiger partial charge in [0.15, 0.2) is 21.0 Å². The van der Waals surface area contributed by atoms with Crippen LogP contribution in [0.3, 0.4) is 0 Å². The third kappa shape index (κ3) is 9.10. The first-order valence-electron chi connectivity index (χ1n) is 11.1. The lowest BCUT2D eigenvalue weighted by molar-refractivity contribution is -0.113. The van der Waals surface area contributed by atoms with Crippen molar-refractivity contribution in [2.45, 2.75) is 114 Å². The van der Waals surface area contributed by atoms with Crippen molar-refractivity contribution >= 4 is 56.7 Å². The van der Waals surface area contributed by atoms with Crippen molar-refractivity contribution in [1.29, 1.82) is 0 Å². The second-order valence-corrected chi connectivity index (χ2v) is 24.2. The number of thioether (sulfide) groups is 1. The fourth-order valence-electron chi connectivity index (χ4n) is 2.48. The van der Waals surface area contributed by atoms with Crippen LogP contribution >= 0.6 is 35.0 Å². The summed E-state index contributed by atoms with van der Waals surface area (Å²) in [5.74, 6) is -0.535. The molecule has 184 valence electrons. The van der Waals surface area contributed by atoms with Crippen molar-refractivity contribution in [3.8, 4) is 0 Å². The minimum absolute atomic E-state index is 0.00916. The maximum absolute atomic E-state index is 12.9. The molecule has 2 atom stereocenters. The third-order valence-electron chi connectivity index (χ3n) is 6.61. The summed E-state index contributed by atoms with van der Waals surface area (Å²) in [7, 11) is -4.06. The SMILES string of the molecule is C=C[C@H]([C@H](CCO[Si](C)(C)C(C)(C)C)O[Si](C)(C)C(C)(C)C)C(Cl)(Cl)C(=O)SC(C)C. The molecule has 0 aromatic rings. The molecule has 0 N–H and O–H groups in total. The minimum atomic E-state index is -2.15. The average Bonchev–Trinajstić information content (AvgIpc) is 2.51. The molecule has 0 rings (SSSR count). The molecule has 0 spiro atoms. The number of halogens is 2. The van der Waals surface area contributed by atoms with Crippen LogP contribution in [0.15, 0.2) is 12.7 Å². The highest BCUT2D eigenvalue weighted by Crippen LogP contribution is 2.45. The van der Waals surface area contributed by atoms with E-state index in [1.807, 2.05) is 13.8 Å². The standard InChI is InChI=1S/C23H46Cl2O3SSi2/c1-14-18(23(24,25)20(26)29-17(2)3)19(28-31(12,13)22(7,8)9)15-16-27-30(10,11)21(4,5)6/h14,17-19H,1,15-16H2,2-13H3/t18-,19+/m1/s1. The molecule has 0 radical (unpaired) electrons. The summed E-state index contributed by atoms with van der Waals surface area (Å²) in [4.78, 5) is 12.9.